The van der Waals surface area contributed by atoms with Crippen molar-refractivity contribution in [3.05, 3.63) is 65.7 Å². The van der Waals surface area contributed by atoms with Crippen LogP contribution in [0, 0.1) is 6.92 Å². The van der Waals surface area contributed by atoms with E-state index in [2.05, 4.69) is 15.8 Å². The minimum atomic E-state index is -0.502. The summed E-state index contributed by atoms with van der Waals surface area (Å²) in [5, 5.41) is 1.09. The average Bonchev–Trinajstić information content (AvgIpc) is 3.47. The van der Waals surface area contributed by atoms with Gasteiger partial charge in [0.2, 0.25) is 0 Å². The van der Waals surface area contributed by atoms with E-state index in [9.17, 15) is 4.79 Å². The van der Waals surface area contributed by atoms with E-state index >= 15 is 0 Å². The van der Waals surface area contributed by atoms with Gasteiger partial charge in [0.15, 0.2) is 6.10 Å². The molecule has 2 atom stereocenters. The minimum absolute atomic E-state index is 0.224. The van der Waals surface area contributed by atoms with E-state index < -0.39 is 6.10 Å². The number of aryl methyl sites for hydroxylation is 1. The first-order valence-electron chi connectivity index (χ1n) is 8.37. The Hall–Kier alpha value is -3.12. The van der Waals surface area contributed by atoms with E-state index in [-0.39, 0.29) is 12.0 Å². The van der Waals surface area contributed by atoms with Gasteiger partial charge in [0.25, 0.3) is 5.91 Å². The highest BCUT2D eigenvalue weighted by molar-refractivity contribution is 5.86. The highest BCUT2D eigenvalue weighted by atomic mass is 16.6. The summed E-state index contributed by atoms with van der Waals surface area (Å²) in [6.45, 7) is 2.01. The van der Waals surface area contributed by atoms with Gasteiger partial charge in [-0.15, -0.1) is 0 Å². The molecule has 0 spiro atoms. The van der Waals surface area contributed by atoms with E-state index in [1.165, 1.54) is 0 Å². The van der Waals surface area contributed by atoms with Crippen molar-refractivity contribution in [2.75, 3.05) is 12.5 Å². The molecule has 0 radical (unpaired) electrons. The Morgan fingerprint density at radius 3 is 2.69 bits per heavy atom. The second-order valence-electron chi connectivity index (χ2n) is 6.21. The van der Waals surface area contributed by atoms with E-state index in [1.54, 1.807) is 7.11 Å². The molecule has 2 aromatic carbocycles. The number of pyridine rings is 1. The lowest BCUT2D eigenvalue weighted by Crippen LogP contribution is -2.33. The topological polar surface area (TPSA) is 75.8 Å². The number of carbonyl (C=O) groups is 1. The third-order valence-electron chi connectivity index (χ3n) is 4.43. The molecule has 2 N–H and O–H groups in total. The van der Waals surface area contributed by atoms with Crippen LogP contribution < -0.4 is 15.6 Å². The summed E-state index contributed by atoms with van der Waals surface area (Å²) in [5.74, 6) is 1.14. The number of hydrogen-bond acceptors (Lipinski definition) is 5. The molecule has 1 saturated heterocycles. The van der Waals surface area contributed by atoms with E-state index in [1.807, 2.05) is 61.5 Å². The maximum atomic E-state index is 12.3. The number of hydrazine groups is 1. The lowest BCUT2D eigenvalue weighted by molar-refractivity contribution is -0.121. The van der Waals surface area contributed by atoms with Crippen LogP contribution in [0.4, 0.5) is 5.82 Å². The van der Waals surface area contributed by atoms with Crippen LogP contribution >= 0.6 is 0 Å². The van der Waals surface area contributed by atoms with E-state index in [0.29, 0.717) is 5.82 Å². The van der Waals surface area contributed by atoms with Crippen molar-refractivity contribution in [2.45, 2.75) is 19.1 Å². The maximum absolute atomic E-state index is 12.3. The largest absolute Gasteiger partial charge is 0.497 e. The number of amides is 1. The molecule has 1 aliphatic rings. The first kappa shape index (κ1) is 16.4. The van der Waals surface area contributed by atoms with Crippen molar-refractivity contribution >= 4 is 22.6 Å². The van der Waals surface area contributed by atoms with E-state index in [4.69, 9.17) is 9.47 Å². The fourth-order valence-corrected chi connectivity index (χ4v) is 2.97. The molecule has 0 bridgehead atoms. The van der Waals surface area contributed by atoms with Gasteiger partial charge in [-0.25, -0.2) is 4.98 Å². The molecule has 6 heteroatoms. The van der Waals surface area contributed by atoms with Gasteiger partial charge in [-0.2, -0.15) is 0 Å². The molecule has 1 aromatic heterocycles. The number of para-hydroxylation sites is 1. The van der Waals surface area contributed by atoms with Gasteiger partial charge in [-0.1, -0.05) is 30.3 Å². The van der Waals surface area contributed by atoms with Gasteiger partial charge in [0.05, 0.1) is 12.6 Å². The number of carbonyl (C=O) groups excluding carboxylic acids is 1. The van der Waals surface area contributed by atoms with Crippen LogP contribution in [-0.4, -0.2) is 24.1 Å². The summed E-state index contributed by atoms with van der Waals surface area (Å²) < 4.78 is 10.6. The normalized spacial score (nSPS) is 18.4. The third-order valence-corrected chi connectivity index (χ3v) is 4.43. The molecule has 1 fully saturated rings. The molecule has 3 aromatic rings. The Kier molecular flexibility index (Phi) is 4.18. The summed E-state index contributed by atoms with van der Waals surface area (Å²) in [7, 11) is 1.62. The highest BCUT2D eigenvalue weighted by Crippen LogP contribution is 2.39. The molecular weight excluding hydrogens is 330 g/mol. The Morgan fingerprint density at radius 2 is 1.92 bits per heavy atom. The van der Waals surface area contributed by atoms with Gasteiger partial charge < -0.3 is 9.47 Å². The van der Waals surface area contributed by atoms with Gasteiger partial charge >= 0.3 is 0 Å². The molecule has 0 saturated carbocycles. The van der Waals surface area contributed by atoms with Crippen LogP contribution in [0.15, 0.2) is 54.6 Å². The smallest absolute Gasteiger partial charge is 0.270 e. The number of rotatable bonds is 5. The number of methoxy groups -OCH3 is 1. The summed E-state index contributed by atoms with van der Waals surface area (Å²) in [6.07, 6.45) is -0.730. The third kappa shape index (κ3) is 3.19. The zero-order valence-corrected chi connectivity index (χ0v) is 14.5. The molecule has 132 valence electrons. The molecule has 1 amide bonds. The van der Waals surface area contributed by atoms with Gasteiger partial charge in [0.1, 0.15) is 17.7 Å². The number of anilines is 1. The average molecular weight is 349 g/mol. The monoisotopic (exact) mass is 349 g/mol. The van der Waals surface area contributed by atoms with Gasteiger partial charge in [-0.05, 0) is 42.3 Å². The first-order valence-corrected chi connectivity index (χ1v) is 8.37. The standard InChI is InChI=1S/C20H19N3O3/c1-12-11-17(21-16-6-4-3-5-15(12)16)22-23-20(24)19-18(26-19)13-7-9-14(25-2)10-8-13/h3-11,18-19H,1-2H3,(H,21,22)(H,23,24)/t18-,19-/m0/s1. The van der Waals surface area contributed by atoms with Gasteiger partial charge in [0, 0.05) is 5.39 Å². The highest BCUT2D eigenvalue weighted by Gasteiger charge is 2.46. The summed E-state index contributed by atoms with van der Waals surface area (Å²) in [6, 6.07) is 17.3. The van der Waals surface area contributed by atoms with Gasteiger partial charge in [-0.3, -0.25) is 15.6 Å². The zero-order valence-electron chi connectivity index (χ0n) is 14.5. The van der Waals surface area contributed by atoms with Crippen molar-refractivity contribution in [1.82, 2.24) is 10.4 Å². The predicted octanol–water partition coefficient (Wildman–Crippen LogP) is 3.14. The summed E-state index contributed by atoms with van der Waals surface area (Å²) in [4.78, 5) is 16.8. The van der Waals surface area contributed by atoms with Crippen molar-refractivity contribution < 1.29 is 14.3 Å². The first-order chi connectivity index (χ1) is 12.7. The molecule has 4 rings (SSSR count). The SMILES string of the molecule is COc1ccc([C@@H]2O[C@@H]2C(=O)NNc2cc(C)c3ccccc3n2)cc1. The van der Waals surface area contributed by atoms with E-state index in [0.717, 1.165) is 27.8 Å². The lowest BCUT2D eigenvalue weighted by atomic mass is 10.1. The zero-order chi connectivity index (χ0) is 18.1. The van der Waals surface area contributed by atoms with Crippen LogP contribution in [0.5, 0.6) is 5.75 Å². The quantitative estimate of drug-likeness (QED) is 0.547. The van der Waals surface area contributed by atoms with Crippen LogP contribution in [0.3, 0.4) is 0 Å². The molecule has 0 aliphatic carbocycles. The Morgan fingerprint density at radius 1 is 1.15 bits per heavy atom. The lowest BCUT2D eigenvalue weighted by Gasteiger charge is -2.09. The molecule has 6 nitrogen and oxygen atoms in total. The number of fused-ring (bicyclic) bond motifs is 1. The van der Waals surface area contributed by atoms with Crippen molar-refractivity contribution in [2.24, 2.45) is 0 Å². The maximum Gasteiger partial charge on any atom is 0.270 e. The number of ether oxygens (including phenoxy) is 2. The Labute approximate surface area is 151 Å². The fraction of sp³-hybridized carbons (Fsp3) is 0.200. The summed E-state index contributed by atoms with van der Waals surface area (Å²) >= 11 is 0. The van der Waals surface area contributed by atoms with Crippen molar-refractivity contribution in [1.29, 1.82) is 0 Å². The summed E-state index contributed by atoms with van der Waals surface area (Å²) in [5.41, 5.74) is 8.47. The second kappa shape index (κ2) is 6.65. The number of aromatic nitrogens is 1. The van der Waals surface area contributed by atoms with Crippen molar-refractivity contribution in [3.8, 4) is 5.75 Å². The predicted molar refractivity (Wildman–Crippen MR) is 98.9 cm³/mol. The molecular formula is C20H19N3O3. The Bertz CT molecular complexity index is 956. The molecule has 1 aliphatic heterocycles. The molecule has 2 heterocycles. The number of nitrogens with zero attached hydrogens (tertiary/aromatic N) is 1. The van der Waals surface area contributed by atoms with Crippen LogP contribution in [0.25, 0.3) is 10.9 Å². The molecule has 26 heavy (non-hydrogen) atoms. The minimum Gasteiger partial charge on any atom is -0.497 e. The van der Waals surface area contributed by atoms with Crippen LogP contribution in [0.2, 0.25) is 0 Å². The van der Waals surface area contributed by atoms with Crippen LogP contribution in [-0.2, 0) is 9.53 Å². The number of benzene rings is 2. The van der Waals surface area contributed by atoms with Crippen LogP contribution in [0.1, 0.15) is 17.2 Å². The molecule has 0 unspecified atom stereocenters. The van der Waals surface area contributed by atoms with Crippen molar-refractivity contribution in [3.63, 3.8) is 0 Å². The number of epoxide rings is 1. The fourth-order valence-electron chi connectivity index (χ4n) is 2.97. The number of nitrogens with one attached hydrogen (secondary N) is 2. The second-order valence-corrected chi connectivity index (χ2v) is 6.21. The number of hydrogen-bond donors (Lipinski definition) is 2. The Balaban J connectivity index is 1.39.